The molecule has 2 aromatic rings. The van der Waals surface area contributed by atoms with Crippen molar-refractivity contribution in [2.45, 2.75) is 26.4 Å². The van der Waals surface area contributed by atoms with Gasteiger partial charge >= 0.3 is 0 Å². The largest absolute Gasteiger partial charge is 0.347 e. The minimum absolute atomic E-state index is 0.0629. The van der Waals surface area contributed by atoms with Gasteiger partial charge in [0.1, 0.15) is 17.2 Å². The Morgan fingerprint density at radius 2 is 2.00 bits per heavy atom. The van der Waals surface area contributed by atoms with Crippen molar-refractivity contribution in [1.29, 1.82) is 0 Å². The minimum Gasteiger partial charge on any atom is -0.347 e. The molecular formula is C14H16F2N4O. The molecule has 0 aliphatic heterocycles. The second kappa shape index (κ2) is 6.43. The third-order valence-electron chi connectivity index (χ3n) is 3.17. The van der Waals surface area contributed by atoms with Gasteiger partial charge in [-0.2, -0.15) is 0 Å². The van der Waals surface area contributed by atoms with Crippen LogP contribution in [0.5, 0.6) is 0 Å². The Labute approximate surface area is 121 Å². The summed E-state index contributed by atoms with van der Waals surface area (Å²) in [5, 5.41) is 10.1. The minimum atomic E-state index is -0.879. The van der Waals surface area contributed by atoms with Crippen LogP contribution in [-0.4, -0.2) is 26.9 Å². The molecule has 0 saturated carbocycles. The molecular weight excluding hydrogens is 278 g/mol. The topological polar surface area (TPSA) is 59.8 Å². The molecule has 5 nitrogen and oxygen atoms in total. The van der Waals surface area contributed by atoms with Gasteiger partial charge in [0.05, 0.1) is 18.8 Å². The Morgan fingerprint density at radius 3 is 2.52 bits per heavy atom. The van der Waals surface area contributed by atoms with E-state index in [1.807, 2.05) is 13.8 Å². The van der Waals surface area contributed by atoms with E-state index in [4.69, 9.17) is 0 Å². The number of benzene rings is 1. The highest BCUT2D eigenvalue weighted by Crippen LogP contribution is 2.13. The average molecular weight is 294 g/mol. The lowest BCUT2D eigenvalue weighted by atomic mass is 10.0. The molecule has 112 valence electrons. The number of aromatic nitrogens is 3. The summed E-state index contributed by atoms with van der Waals surface area (Å²) in [5.74, 6) is -2.47. The molecule has 1 aromatic carbocycles. The Morgan fingerprint density at radius 1 is 1.33 bits per heavy atom. The van der Waals surface area contributed by atoms with Gasteiger partial charge in [0.15, 0.2) is 0 Å². The van der Waals surface area contributed by atoms with Gasteiger partial charge in [-0.1, -0.05) is 25.1 Å². The number of halogens is 2. The van der Waals surface area contributed by atoms with Crippen molar-refractivity contribution in [3.63, 3.8) is 0 Å². The van der Waals surface area contributed by atoms with Crippen LogP contribution in [0.2, 0.25) is 0 Å². The fourth-order valence-corrected chi connectivity index (χ4v) is 1.91. The van der Waals surface area contributed by atoms with E-state index >= 15 is 0 Å². The first kappa shape index (κ1) is 15.1. The van der Waals surface area contributed by atoms with Crippen LogP contribution >= 0.6 is 0 Å². The SMILES string of the molecule is CC(C)[C@H](Cn1ccnn1)NC(=O)c1c(F)cccc1F. The second-order valence-corrected chi connectivity index (χ2v) is 5.05. The van der Waals surface area contributed by atoms with Crippen molar-refractivity contribution >= 4 is 5.91 Å². The molecule has 0 unspecified atom stereocenters. The van der Waals surface area contributed by atoms with Gasteiger partial charge in [-0.3, -0.25) is 9.48 Å². The van der Waals surface area contributed by atoms with Gasteiger partial charge < -0.3 is 5.32 Å². The van der Waals surface area contributed by atoms with E-state index in [-0.39, 0.29) is 12.0 Å². The van der Waals surface area contributed by atoms with Gasteiger partial charge in [0.2, 0.25) is 0 Å². The van der Waals surface area contributed by atoms with Crippen molar-refractivity contribution in [3.8, 4) is 0 Å². The van der Waals surface area contributed by atoms with Gasteiger partial charge in [0.25, 0.3) is 5.91 Å². The number of hydrogen-bond acceptors (Lipinski definition) is 3. The average Bonchev–Trinajstić information content (AvgIpc) is 2.90. The summed E-state index contributed by atoms with van der Waals surface area (Å²) in [7, 11) is 0. The maximum atomic E-state index is 13.6. The molecule has 0 aliphatic rings. The van der Waals surface area contributed by atoms with Crippen molar-refractivity contribution in [2.24, 2.45) is 5.92 Å². The first-order valence-corrected chi connectivity index (χ1v) is 6.58. The summed E-state index contributed by atoms with van der Waals surface area (Å²) in [6, 6.07) is 3.01. The fourth-order valence-electron chi connectivity index (χ4n) is 1.91. The van der Waals surface area contributed by atoms with Crippen LogP contribution in [0.3, 0.4) is 0 Å². The van der Waals surface area contributed by atoms with Crippen molar-refractivity contribution in [1.82, 2.24) is 20.3 Å². The molecule has 2 rings (SSSR count). The zero-order valence-corrected chi connectivity index (χ0v) is 11.8. The van der Waals surface area contributed by atoms with E-state index in [0.717, 1.165) is 12.1 Å². The Bertz CT molecular complexity index is 593. The van der Waals surface area contributed by atoms with Crippen LogP contribution < -0.4 is 5.32 Å². The molecule has 21 heavy (non-hydrogen) atoms. The van der Waals surface area contributed by atoms with E-state index in [1.54, 1.807) is 10.9 Å². The molecule has 0 saturated heterocycles. The molecule has 1 N–H and O–H groups in total. The highest BCUT2D eigenvalue weighted by Gasteiger charge is 2.22. The Kier molecular flexibility index (Phi) is 4.62. The molecule has 0 aliphatic carbocycles. The molecule has 0 radical (unpaired) electrons. The molecule has 0 bridgehead atoms. The smallest absolute Gasteiger partial charge is 0.257 e. The third-order valence-corrected chi connectivity index (χ3v) is 3.17. The molecule has 1 amide bonds. The Balaban J connectivity index is 2.15. The van der Waals surface area contributed by atoms with Crippen molar-refractivity contribution in [2.75, 3.05) is 0 Å². The molecule has 7 heteroatoms. The quantitative estimate of drug-likeness (QED) is 0.917. The van der Waals surface area contributed by atoms with Crippen molar-refractivity contribution < 1.29 is 13.6 Å². The van der Waals surface area contributed by atoms with Crippen LogP contribution in [-0.2, 0) is 6.54 Å². The Hall–Kier alpha value is -2.31. The van der Waals surface area contributed by atoms with Gasteiger partial charge in [-0.05, 0) is 18.1 Å². The number of nitrogens with zero attached hydrogens (tertiary/aromatic N) is 3. The maximum absolute atomic E-state index is 13.6. The number of carbonyl (C=O) groups is 1. The lowest BCUT2D eigenvalue weighted by Gasteiger charge is -2.22. The zero-order valence-electron chi connectivity index (χ0n) is 11.8. The summed E-state index contributed by atoms with van der Waals surface area (Å²) in [4.78, 5) is 12.1. The lowest BCUT2D eigenvalue weighted by Crippen LogP contribution is -2.42. The standard InChI is InChI=1S/C14H16F2N4O/c1-9(2)12(8-20-7-6-17-19-20)18-14(21)13-10(15)4-3-5-11(13)16/h3-7,9,12H,8H2,1-2H3,(H,18,21)/t12-/m0/s1. The molecule has 1 aromatic heterocycles. The van der Waals surface area contributed by atoms with Gasteiger partial charge in [-0.25, -0.2) is 8.78 Å². The van der Waals surface area contributed by atoms with E-state index < -0.39 is 23.1 Å². The zero-order chi connectivity index (χ0) is 15.4. The summed E-state index contributed by atoms with van der Waals surface area (Å²) in [6.45, 7) is 4.18. The normalized spacial score (nSPS) is 12.4. The maximum Gasteiger partial charge on any atom is 0.257 e. The van der Waals surface area contributed by atoms with Crippen LogP contribution in [0, 0.1) is 17.6 Å². The van der Waals surface area contributed by atoms with E-state index in [0.29, 0.717) is 6.54 Å². The number of nitrogens with one attached hydrogen (secondary N) is 1. The van der Waals surface area contributed by atoms with Crippen LogP contribution in [0.15, 0.2) is 30.6 Å². The molecule has 1 heterocycles. The van der Waals surface area contributed by atoms with Gasteiger partial charge in [-0.15, -0.1) is 5.10 Å². The van der Waals surface area contributed by atoms with Gasteiger partial charge in [0, 0.05) is 6.20 Å². The van der Waals surface area contributed by atoms with Crippen LogP contribution in [0.1, 0.15) is 24.2 Å². The lowest BCUT2D eigenvalue weighted by molar-refractivity contribution is 0.0910. The summed E-state index contributed by atoms with van der Waals surface area (Å²) in [6.07, 6.45) is 3.18. The summed E-state index contributed by atoms with van der Waals surface area (Å²) >= 11 is 0. The van der Waals surface area contributed by atoms with E-state index in [2.05, 4.69) is 15.6 Å². The first-order valence-electron chi connectivity index (χ1n) is 6.58. The van der Waals surface area contributed by atoms with Crippen LogP contribution in [0.25, 0.3) is 0 Å². The number of rotatable bonds is 5. The third kappa shape index (κ3) is 3.62. The summed E-state index contributed by atoms with van der Waals surface area (Å²) < 4.78 is 28.8. The molecule has 0 spiro atoms. The van der Waals surface area contributed by atoms with E-state index in [9.17, 15) is 13.6 Å². The number of carbonyl (C=O) groups excluding carboxylic acids is 1. The predicted octanol–water partition coefficient (Wildman–Crippen LogP) is 2.01. The summed E-state index contributed by atoms with van der Waals surface area (Å²) in [5.41, 5.74) is -0.568. The number of hydrogen-bond donors (Lipinski definition) is 1. The predicted molar refractivity (Wildman–Crippen MR) is 72.5 cm³/mol. The fraction of sp³-hybridized carbons (Fsp3) is 0.357. The van der Waals surface area contributed by atoms with E-state index in [1.165, 1.54) is 12.3 Å². The highest BCUT2D eigenvalue weighted by molar-refractivity contribution is 5.94. The second-order valence-electron chi connectivity index (χ2n) is 5.05. The van der Waals surface area contributed by atoms with Crippen molar-refractivity contribution in [3.05, 3.63) is 47.8 Å². The van der Waals surface area contributed by atoms with Crippen LogP contribution in [0.4, 0.5) is 8.78 Å². The monoisotopic (exact) mass is 294 g/mol. The highest BCUT2D eigenvalue weighted by atomic mass is 19.1. The molecule has 0 fully saturated rings. The molecule has 1 atom stereocenters. The number of amides is 1. The first-order chi connectivity index (χ1) is 9.99.